The summed E-state index contributed by atoms with van der Waals surface area (Å²) in [4.78, 5) is 25.1. The second-order valence-corrected chi connectivity index (χ2v) is 6.23. The van der Waals surface area contributed by atoms with Crippen molar-refractivity contribution in [3.63, 3.8) is 0 Å². The molecule has 0 radical (unpaired) electrons. The van der Waals surface area contributed by atoms with Crippen molar-refractivity contribution >= 4 is 23.8 Å². The quantitative estimate of drug-likeness (QED) is 0.576. The van der Waals surface area contributed by atoms with Crippen LogP contribution in [-0.4, -0.2) is 30.5 Å². The van der Waals surface area contributed by atoms with Crippen LogP contribution in [0.2, 0.25) is 0 Å². The molecular formula is C19H21NO4S. The number of nitrogens with one attached hydrogen (secondary N) is 1. The summed E-state index contributed by atoms with van der Waals surface area (Å²) < 4.78 is 10.2. The molecule has 0 spiro atoms. The third kappa shape index (κ3) is 6.89. The number of rotatable bonds is 8. The van der Waals surface area contributed by atoms with Gasteiger partial charge in [-0.2, -0.15) is 0 Å². The Morgan fingerprint density at radius 1 is 1.00 bits per heavy atom. The van der Waals surface area contributed by atoms with Gasteiger partial charge >= 0.3 is 12.1 Å². The predicted molar refractivity (Wildman–Crippen MR) is 97.3 cm³/mol. The van der Waals surface area contributed by atoms with E-state index in [0.29, 0.717) is 5.75 Å². The molecule has 132 valence electrons. The van der Waals surface area contributed by atoms with Gasteiger partial charge in [0.15, 0.2) is 0 Å². The number of ether oxygens (including phenoxy) is 2. The van der Waals surface area contributed by atoms with E-state index in [1.165, 1.54) is 11.8 Å². The number of carbonyl (C=O) groups excluding carboxylic acids is 2. The molecule has 0 aliphatic carbocycles. The van der Waals surface area contributed by atoms with Crippen molar-refractivity contribution in [1.29, 1.82) is 0 Å². The number of benzene rings is 2. The van der Waals surface area contributed by atoms with Crippen molar-refractivity contribution in [3.8, 4) is 0 Å². The minimum Gasteiger partial charge on any atom is -0.464 e. The lowest BCUT2D eigenvalue weighted by atomic mass is 10.2. The standard InChI is InChI=1S/C19H21NO4S/c1-2-23-18(21)17(14-25-16-11-7-4-8-12-16)20-19(22)24-13-15-9-5-3-6-10-15/h3-12,17H,2,13-14H2,1H3,(H,20,22)/t17-/m1/s1. The number of hydrogen-bond acceptors (Lipinski definition) is 5. The fraction of sp³-hybridized carbons (Fsp3) is 0.263. The highest BCUT2D eigenvalue weighted by Crippen LogP contribution is 2.18. The first-order valence-electron chi connectivity index (χ1n) is 8.00. The minimum absolute atomic E-state index is 0.147. The van der Waals surface area contributed by atoms with Gasteiger partial charge in [-0.3, -0.25) is 0 Å². The molecule has 0 unspecified atom stereocenters. The van der Waals surface area contributed by atoms with Crippen LogP contribution in [-0.2, 0) is 20.9 Å². The van der Waals surface area contributed by atoms with E-state index in [4.69, 9.17) is 9.47 Å². The molecule has 0 aromatic heterocycles. The van der Waals surface area contributed by atoms with E-state index >= 15 is 0 Å². The summed E-state index contributed by atoms with van der Waals surface area (Å²) in [7, 11) is 0. The lowest BCUT2D eigenvalue weighted by Gasteiger charge is -2.17. The summed E-state index contributed by atoms with van der Waals surface area (Å²) in [5.74, 6) is -0.105. The fourth-order valence-corrected chi connectivity index (χ4v) is 2.94. The minimum atomic E-state index is -0.770. The second-order valence-electron chi connectivity index (χ2n) is 5.13. The van der Waals surface area contributed by atoms with Crippen LogP contribution >= 0.6 is 11.8 Å². The van der Waals surface area contributed by atoms with Crippen LogP contribution in [0.5, 0.6) is 0 Å². The summed E-state index contributed by atoms with van der Waals surface area (Å²) in [6, 6.07) is 18.2. The molecule has 0 saturated carbocycles. The van der Waals surface area contributed by atoms with Gasteiger partial charge in [-0.25, -0.2) is 9.59 Å². The smallest absolute Gasteiger partial charge is 0.408 e. The lowest BCUT2D eigenvalue weighted by Crippen LogP contribution is -2.43. The Kier molecular flexibility index (Phi) is 7.85. The molecule has 6 heteroatoms. The van der Waals surface area contributed by atoms with Gasteiger partial charge in [0, 0.05) is 10.6 Å². The van der Waals surface area contributed by atoms with E-state index in [1.54, 1.807) is 6.92 Å². The third-order valence-electron chi connectivity index (χ3n) is 3.24. The molecule has 5 nitrogen and oxygen atoms in total. The zero-order chi connectivity index (χ0) is 17.9. The van der Waals surface area contributed by atoms with E-state index in [9.17, 15) is 9.59 Å². The van der Waals surface area contributed by atoms with Crippen molar-refractivity contribution in [2.24, 2.45) is 0 Å². The monoisotopic (exact) mass is 359 g/mol. The Morgan fingerprint density at radius 3 is 2.28 bits per heavy atom. The number of hydrogen-bond donors (Lipinski definition) is 1. The molecule has 2 aromatic rings. The van der Waals surface area contributed by atoms with Crippen LogP contribution in [0, 0.1) is 0 Å². The lowest BCUT2D eigenvalue weighted by molar-refractivity contribution is -0.144. The topological polar surface area (TPSA) is 64.6 Å². The molecule has 0 saturated heterocycles. The predicted octanol–water partition coefficient (Wildman–Crippen LogP) is 3.64. The molecule has 0 heterocycles. The molecule has 1 amide bonds. The largest absolute Gasteiger partial charge is 0.464 e. The van der Waals surface area contributed by atoms with Crippen LogP contribution in [0.15, 0.2) is 65.6 Å². The van der Waals surface area contributed by atoms with Crippen LogP contribution < -0.4 is 5.32 Å². The van der Waals surface area contributed by atoms with E-state index in [2.05, 4.69) is 5.32 Å². The summed E-state index contributed by atoms with van der Waals surface area (Å²) >= 11 is 1.47. The molecule has 25 heavy (non-hydrogen) atoms. The zero-order valence-corrected chi connectivity index (χ0v) is 14.8. The van der Waals surface area contributed by atoms with Gasteiger partial charge in [0.1, 0.15) is 12.6 Å². The van der Waals surface area contributed by atoms with Gasteiger partial charge in [0.25, 0.3) is 0 Å². The number of esters is 1. The van der Waals surface area contributed by atoms with Crippen LogP contribution in [0.4, 0.5) is 4.79 Å². The Hall–Kier alpha value is -2.47. The van der Waals surface area contributed by atoms with E-state index in [1.807, 2.05) is 60.7 Å². The number of carbonyl (C=O) groups is 2. The van der Waals surface area contributed by atoms with Crippen molar-refractivity contribution in [2.45, 2.75) is 24.5 Å². The zero-order valence-electron chi connectivity index (χ0n) is 14.0. The van der Waals surface area contributed by atoms with E-state index < -0.39 is 18.1 Å². The summed E-state index contributed by atoms with van der Waals surface area (Å²) in [5, 5.41) is 2.59. The normalized spacial score (nSPS) is 11.4. The highest BCUT2D eigenvalue weighted by Gasteiger charge is 2.23. The Bertz CT molecular complexity index is 664. The number of thioether (sulfide) groups is 1. The molecule has 2 aromatic carbocycles. The van der Waals surface area contributed by atoms with Gasteiger partial charge in [0.2, 0.25) is 0 Å². The Morgan fingerprint density at radius 2 is 1.64 bits per heavy atom. The highest BCUT2D eigenvalue weighted by molar-refractivity contribution is 7.99. The summed E-state index contributed by atoms with van der Waals surface area (Å²) in [6.07, 6.45) is -0.643. The second kappa shape index (κ2) is 10.4. The first-order valence-corrected chi connectivity index (χ1v) is 8.99. The maximum atomic E-state index is 12.1. The van der Waals surface area contributed by atoms with Crippen LogP contribution in [0.3, 0.4) is 0 Å². The van der Waals surface area contributed by atoms with Crippen molar-refractivity contribution in [2.75, 3.05) is 12.4 Å². The summed E-state index contributed by atoms with van der Waals surface area (Å²) in [5.41, 5.74) is 0.879. The van der Waals surface area contributed by atoms with Crippen molar-refractivity contribution < 1.29 is 19.1 Å². The molecule has 0 bridgehead atoms. The molecule has 0 fully saturated rings. The van der Waals surface area contributed by atoms with Gasteiger partial charge in [-0.05, 0) is 24.6 Å². The van der Waals surface area contributed by atoms with Gasteiger partial charge in [-0.1, -0.05) is 48.5 Å². The maximum absolute atomic E-state index is 12.1. The molecule has 1 N–H and O–H groups in total. The number of amides is 1. The first-order chi connectivity index (χ1) is 12.2. The summed E-state index contributed by atoms with van der Waals surface area (Å²) in [6.45, 7) is 2.13. The Balaban J connectivity index is 1.88. The fourth-order valence-electron chi connectivity index (χ4n) is 2.01. The molecule has 2 rings (SSSR count). The average Bonchev–Trinajstić information content (AvgIpc) is 2.65. The van der Waals surface area contributed by atoms with Crippen molar-refractivity contribution in [1.82, 2.24) is 5.32 Å². The maximum Gasteiger partial charge on any atom is 0.408 e. The van der Waals surface area contributed by atoms with E-state index in [0.717, 1.165) is 10.5 Å². The molecule has 1 atom stereocenters. The molecular weight excluding hydrogens is 338 g/mol. The SMILES string of the molecule is CCOC(=O)[C@@H](CSc1ccccc1)NC(=O)OCc1ccccc1. The van der Waals surface area contributed by atoms with Crippen LogP contribution in [0.25, 0.3) is 0 Å². The highest BCUT2D eigenvalue weighted by atomic mass is 32.2. The van der Waals surface area contributed by atoms with Crippen LogP contribution in [0.1, 0.15) is 12.5 Å². The molecule has 0 aliphatic rings. The van der Waals surface area contributed by atoms with Gasteiger partial charge < -0.3 is 14.8 Å². The average molecular weight is 359 g/mol. The van der Waals surface area contributed by atoms with Gasteiger partial charge in [0.05, 0.1) is 6.61 Å². The van der Waals surface area contributed by atoms with Gasteiger partial charge in [-0.15, -0.1) is 11.8 Å². The van der Waals surface area contributed by atoms with Crippen molar-refractivity contribution in [3.05, 3.63) is 66.2 Å². The van der Waals surface area contributed by atoms with E-state index in [-0.39, 0.29) is 13.2 Å². The number of alkyl carbamates (subject to hydrolysis) is 1. The Labute approximate surface area is 151 Å². The first kappa shape index (κ1) is 18.9. The molecule has 0 aliphatic heterocycles. The third-order valence-corrected chi connectivity index (χ3v) is 4.34.